The Morgan fingerprint density at radius 3 is 2.07 bits per heavy atom. The molecule has 2 aromatic carbocycles. The maximum atomic E-state index is 12.8. The van der Waals surface area contributed by atoms with Gasteiger partial charge in [0.2, 0.25) is 15.9 Å². The standard InChI is InChI=1S/C22H26N2O4S/c1-17(19-6-4-3-5-7-19)16-22(26)23-12-14-24(15-13-23)29(27,28)21-10-8-20(9-11-21)18(2)25/h3-11,17H,12-16H2,1-2H3/t17-/m0/s1. The van der Waals surface area contributed by atoms with Crippen molar-refractivity contribution in [3.8, 4) is 0 Å². The van der Waals surface area contributed by atoms with Gasteiger partial charge >= 0.3 is 0 Å². The molecule has 1 saturated heterocycles. The van der Waals surface area contributed by atoms with E-state index in [0.29, 0.717) is 25.1 Å². The zero-order valence-corrected chi connectivity index (χ0v) is 17.6. The van der Waals surface area contributed by atoms with Gasteiger partial charge in [0.15, 0.2) is 5.78 Å². The minimum absolute atomic E-state index is 0.0456. The Morgan fingerprint density at radius 2 is 1.52 bits per heavy atom. The van der Waals surface area contributed by atoms with Gasteiger partial charge in [-0.15, -0.1) is 0 Å². The zero-order chi connectivity index (χ0) is 21.0. The summed E-state index contributed by atoms with van der Waals surface area (Å²) in [6, 6.07) is 15.9. The Hall–Kier alpha value is -2.51. The fourth-order valence-corrected chi connectivity index (χ4v) is 4.90. The fourth-order valence-electron chi connectivity index (χ4n) is 3.48. The number of amides is 1. The van der Waals surface area contributed by atoms with Gasteiger partial charge < -0.3 is 4.90 Å². The highest BCUT2D eigenvalue weighted by Crippen LogP contribution is 2.22. The van der Waals surface area contributed by atoms with E-state index in [0.717, 1.165) is 5.56 Å². The quantitative estimate of drug-likeness (QED) is 0.681. The largest absolute Gasteiger partial charge is 0.340 e. The summed E-state index contributed by atoms with van der Waals surface area (Å²) in [7, 11) is -3.64. The van der Waals surface area contributed by atoms with E-state index < -0.39 is 10.0 Å². The minimum atomic E-state index is -3.64. The van der Waals surface area contributed by atoms with E-state index in [9.17, 15) is 18.0 Å². The number of rotatable bonds is 6. The molecule has 154 valence electrons. The molecule has 0 aromatic heterocycles. The van der Waals surface area contributed by atoms with E-state index in [1.165, 1.54) is 35.5 Å². The summed E-state index contributed by atoms with van der Waals surface area (Å²) in [5, 5.41) is 0. The molecule has 1 amide bonds. The summed E-state index contributed by atoms with van der Waals surface area (Å²) in [5.41, 5.74) is 1.60. The maximum absolute atomic E-state index is 12.8. The molecule has 1 heterocycles. The van der Waals surface area contributed by atoms with Gasteiger partial charge in [-0.2, -0.15) is 4.31 Å². The second-order valence-electron chi connectivity index (χ2n) is 7.38. The average Bonchev–Trinajstić information content (AvgIpc) is 2.74. The molecular weight excluding hydrogens is 388 g/mol. The molecule has 29 heavy (non-hydrogen) atoms. The predicted molar refractivity (Wildman–Crippen MR) is 111 cm³/mol. The lowest BCUT2D eigenvalue weighted by Gasteiger charge is -2.34. The number of nitrogens with zero attached hydrogens (tertiary/aromatic N) is 2. The monoisotopic (exact) mass is 414 g/mol. The highest BCUT2D eigenvalue weighted by molar-refractivity contribution is 7.89. The molecule has 6 nitrogen and oxygen atoms in total. The molecule has 3 rings (SSSR count). The van der Waals surface area contributed by atoms with Crippen LogP contribution in [0.2, 0.25) is 0 Å². The predicted octanol–water partition coefficient (Wildman–Crippen LogP) is 2.92. The summed E-state index contributed by atoms with van der Waals surface area (Å²) in [4.78, 5) is 25.9. The molecule has 1 aliphatic rings. The number of piperazine rings is 1. The van der Waals surface area contributed by atoms with Gasteiger partial charge in [0.25, 0.3) is 0 Å². The summed E-state index contributed by atoms with van der Waals surface area (Å²) < 4.78 is 27.1. The molecule has 7 heteroatoms. The molecule has 0 saturated carbocycles. The highest BCUT2D eigenvalue weighted by atomic mass is 32.2. The third kappa shape index (κ3) is 4.92. The Bertz CT molecular complexity index is 964. The lowest BCUT2D eigenvalue weighted by Crippen LogP contribution is -2.50. The third-order valence-corrected chi connectivity index (χ3v) is 7.25. The number of hydrogen-bond acceptors (Lipinski definition) is 4. The van der Waals surface area contributed by atoms with Crippen LogP contribution in [-0.4, -0.2) is 55.5 Å². The second-order valence-corrected chi connectivity index (χ2v) is 9.32. The van der Waals surface area contributed by atoms with Gasteiger partial charge in [0.05, 0.1) is 4.90 Å². The van der Waals surface area contributed by atoms with Crippen LogP contribution in [-0.2, 0) is 14.8 Å². The average molecular weight is 415 g/mol. The van der Waals surface area contributed by atoms with Crippen LogP contribution in [0.5, 0.6) is 0 Å². The van der Waals surface area contributed by atoms with Crippen LogP contribution in [0.4, 0.5) is 0 Å². The number of benzene rings is 2. The Balaban J connectivity index is 1.59. The molecule has 1 aliphatic heterocycles. The van der Waals surface area contributed by atoms with Crippen molar-refractivity contribution in [2.75, 3.05) is 26.2 Å². The van der Waals surface area contributed by atoms with Crippen LogP contribution in [0.15, 0.2) is 59.5 Å². The highest BCUT2D eigenvalue weighted by Gasteiger charge is 2.30. The van der Waals surface area contributed by atoms with Crippen molar-refractivity contribution in [3.63, 3.8) is 0 Å². The zero-order valence-electron chi connectivity index (χ0n) is 16.7. The van der Waals surface area contributed by atoms with Crippen LogP contribution in [0.25, 0.3) is 0 Å². The van der Waals surface area contributed by atoms with Crippen LogP contribution in [0.1, 0.15) is 42.1 Å². The van der Waals surface area contributed by atoms with Crippen LogP contribution in [0, 0.1) is 0 Å². The van der Waals surface area contributed by atoms with Crippen molar-refractivity contribution in [2.45, 2.75) is 31.1 Å². The van der Waals surface area contributed by atoms with E-state index in [1.54, 1.807) is 4.90 Å². The Morgan fingerprint density at radius 1 is 0.931 bits per heavy atom. The number of ketones is 1. The Labute approximate surface area is 172 Å². The summed E-state index contributed by atoms with van der Waals surface area (Å²) in [5.74, 6) is 0.0558. The van der Waals surface area contributed by atoms with Crippen LogP contribution < -0.4 is 0 Å². The van der Waals surface area contributed by atoms with Crippen LogP contribution in [0.3, 0.4) is 0 Å². The van der Waals surface area contributed by atoms with Crippen molar-refractivity contribution in [3.05, 3.63) is 65.7 Å². The molecule has 0 radical (unpaired) electrons. The van der Waals surface area contributed by atoms with Gasteiger partial charge in [-0.05, 0) is 30.5 Å². The lowest BCUT2D eigenvalue weighted by atomic mass is 9.97. The van der Waals surface area contributed by atoms with Crippen molar-refractivity contribution in [1.82, 2.24) is 9.21 Å². The van der Waals surface area contributed by atoms with E-state index in [2.05, 4.69) is 0 Å². The molecule has 0 aliphatic carbocycles. The molecule has 1 atom stereocenters. The van der Waals surface area contributed by atoms with Gasteiger partial charge in [0, 0.05) is 38.2 Å². The van der Waals surface area contributed by atoms with E-state index in [1.807, 2.05) is 37.3 Å². The minimum Gasteiger partial charge on any atom is -0.340 e. The number of carbonyl (C=O) groups excluding carboxylic acids is 2. The fraction of sp³-hybridized carbons (Fsp3) is 0.364. The van der Waals surface area contributed by atoms with Gasteiger partial charge in [0.1, 0.15) is 0 Å². The van der Waals surface area contributed by atoms with Crippen LogP contribution >= 0.6 is 0 Å². The van der Waals surface area contributed by atoms with E-state index in [-0.39, 0.29) is 35.6 Å². The summed E-state index contributed by atoms with van der Waals surface area (Å²) in [6.07, 6.45) is 0.406. The molecule has 0 unspecified atom stereocenters. The van der Waals surface area contributed by atoms with E-state index >= 15 is 0 Å². The molecule has 2 aromatic rings. The van der Waals surface area contributed by atoms with Crippen molar-refractivity contribution in [2.24, 2.45) is 0 Å². The third-order valence-electron chi connectivity index (χ3n) is 5.34. The smallest absolute Gasteiger partial charge is 0.243 e. The lowest BCUT2D eigenvalue weighted by molar-refractivity contribution is -0.132. The first kappa shape index (κ1) is 21.2. The molecular formula is C22H26N2O4S. The van der Waals surface area contributed by atoms with Gasteiger partial charge in [-0.3, -0.25) is 9.59 Å². The van der Waals surface area contributed by atoms with E-state index in [4.69, 9.17) is 0 Å². The topological polar surface area (TPSA) is 74.8 Å². The number of hydrogen-bond donors (Lipinski definition) is 0. The van der Waals surface area contributed by atoms with Crippen molar-refractivity contribution in [1.29, 1.82) is 0 Å². The Kier molecular flexibility index (Phi) is 6.49. The van der Waals surface area contributed by atoms with Gasteiger partial charge in [-0.1, -0.05) is 49.4 Å². The molecule has 0 N–H and O–H groups in total. The molecule has 1 fully saturated rings. The van der Waals surface area contributed by atoms with Gasteiger partial charge in [-0.25, -0.2) is 8.42 Å². The summed E-state index contributed by atoms with van der Waals surface area (Å²) >= 11 is 0. The first-order valence-electron chi connectivity index (χ1n) is 9.73. The maximum Gasteiger partial charge on any atom is 0.243 e. The SMILES string of the molecule is CC(=O)c1ccc(S(=O)(=O)N2CCN(C(=O)C[C@H](C)c3ccccc3)CC2)cc1. The first-order valence-corrected chi connectivity index (χ1v) is 11.2. The molecule has 0 bridgehead atoms. The van der Waals surface area contributed by atoms with Crippen molar-refractivity contribution < 1.29 is 18.0 Å². The van der Waals surface area contributed by atoms with Crippen molar-refractivity contribution >= 4 is 21.7 Å². The normalized spacial score (nSPS) is 16.4. The second kappa shape index (κ2) is 8.88. The number of Topliss-reactive ketones (excluding diaryl/α,β-unsaturated/α-hetero) is 1. The number of carbonyl (C=O) groups is 2. The molecule has 0 spiro atoms. The number of sulfonamides is 1. The summed E-state index contributed by atoms with van der Waals surface area (Å²) in [6.45, 7) is 4.76. The first-order chi connectivity index (χ1) is 13.8.